The molecule has 0 aromatic carbocycles. The van der Waals surface area contributed by atoms with Gasteiger partial charge < -0.3 is 13.3 Å². The summed E-state index contributed by atoms with van der Waals surface area (Å²) in [4.78, 5) is 0. The van der Waals surface area contributed by atoms with Crippen LogP contribution in [0.3, 0.4) is 0 Å². The molecule has 0 aliphatic heterocycles. The van der Waals surface area contributed by atoms with Crippen molar-refractivity contribution in [2.75, 3.05) is 0 Å². The molecule has 0 bridgehead atoms. The molecule has 87 valence electrons. The topological polar surface area (TPSA) is 0 Å². The maximum absolute atomic E-state index is 3.73. The van der Waals surface area contributed by atoms with Crippen molar-refractivity contribution in [2.45, 2.75) is 63.8 Å². The van der Waals surface area contributed by atoms with Gasteiger partial charge in [-0.15, -0.1) is 0 Å². The smallest absolute Gasteiger partial charge is 0 e. The van der Waals surface area contributed by atoms with E-state index in [-0.39, 0.29) is 62.4 Å². The van der Waals surface area contributed by atoms with Crippen LogP contribution in [0.15, 0.2) is 0 Å². The van der Waals surface area contributed by atoms with E-state index in [1.807, 2.05) is 13.8 Å². The molecular formula is C12H34Y-2. The first-order chi connectivity index (χ1) is 3.81. The Labute approximate surface area is 115 Å². The first-order valence-electron chi connectivity index (χ1n) is 3.40. The van der Waals surface area contributed by atoms with Gasteiger partial charge in [0.15, 0.2) is 0 Å². The molecule has 0 heterocycles. The third-order valence-electron chi connectivity index (χ3n) is 1.02. The summed E-state index contributed by atoms with van der Waals surface area (Å²) in [6.45, 7) is 12.0. The maximum Gasteiger partial charge on any atom is 0 e. The Bertz CT molecular complexity index is 24.3. The van der Waals surface area contributed by atoms with Crippen LogP contribution in [0.5, 0.6) is 0 Å². The Morgan fingerprint density at radius 2 is 1.31 bits per heavy atom. The largest absolute Gasteiger partial charge is 0.345 e. The molecule has 0 amide bonds. The van der Waals surface area contributed by atoms with Gasteiger partial charge in [-0.1, -0.05) is 50.5 Å². The van der Waals surface area contributed by atoms with Crippen molar-refractivity contribution in [1.29, 1.82) is 0 Å². The summed E-state index contributed by atoms with van der Waals surface area (Å²) in [6.07, 6.45) is 3.18. The molecule has 0 aliphatic rings. The second-order valence-electron chi connectivity index (χ2n) is 1.60. The fourth-order valence-corrected chi connectivity index (χ4v) is 0.167. The van der Waals surface area contributed by atoms with Crippen LogP contribution in [0.4, 0.5) is 0 Å². The summed E-state index contributed by atoms with van der Waals surface area (Å²) in [5.41, 5.74) is 0. The fourth-order valence-electron chi connectivity index (χ4n) is 0.167. The fraction of sp³-hybridized carbons (Fsp3) is 0.833. The minimum atomic E-state index is 0. The Morgan fingerprint density at radius 1 is 1.08 bits per heavy atom. The molecule has 0 fully saturated rings. The molecule has 0 saturated heterocycles. The number of hydrogen-bond acceptors (Lipinski definition) is 0. The predicted octanol–water partition coefficient (Wildman–Crippen LogP) is 5.64. The molecule has 1 atom stereocenters. The molecule has 0 saturated carbocycles. The third kappa shape index (κ3) is 62.0. The van der Waals surface area contributed by atoms with Crippen LogP contribution in [-0.4, -0.2) is 0 Å². The van der Waals surface area contributed by atoms with Crippen molar-refractivity contribution >= 4 is 0 Å². The zero-order valence-corrected chi connectivity index (χ0v) is 9.98. The molecule has 0 rings (SSSR count). The van der Waals surface area contributed by atoms with Gasteiger partial charge in [0.2, 0.25) is 0 Å². The van der Waals surface area contributed by atoms with Crippen molar-refractivity contribution in [3.63, 3.8) is 0 Å². The zero-order chi connectivity index (χ0) is 6.99. The van der Waals surface area contributed by atoms with Gasteiger partial charge in [0.25, 0.3) is 0 Å². The van der Waals surface area contributed by atoms with Crippen LogP contribution >= 0.6 is 0 Å². The number of hydrogen-bond donors (Lipinski definition) is 0. The molecule has 0 aliphatic carbocycles. The van der Waals surface area contributed by atoms with Crippen LogP contribution < -0.4 is 0 Å². The van der Waals surface area contributed by atoms with E-state index in [9.17, 15) is 0 Å². The molecule has 1 radical (unpaired) electrons. The third-order valence-corrected chi connectivity index (χ3v) is 1.02. The van der Waals surface area contributed by atoms with Gasteiger partial charge in [0, 0.05) is 32.7 Å². The van der Waals surface area contributed by atoms with Gasteiger partial charge in [-0.3, -0.25) is 0 Å². The van der Waals surface area contributed by atoms with Crippen molar-refractivity contribution in [3.8, 4) is 0 Å². The standard InChI is InChI=1S/C6H12.C2H6.4CH4.Y/c1-4-6(3)5-2;1-2;;;;;/h5-6H,1,4H2,2-3H3;1-2H3;4*1H4;/q-2;;;;;;. The summed E-state index contributed by atoms with van der Waals surface area (Å²) in [5, 5.41) is 0. The van der Waals surface area contributed by atoms with E-state index in [2.05, 4.69) is 27.2 Å². The summed E-state index contributed by atoms with van der Waals surface area (Å²) < 4.78 is 0. The second-order valence-corrected chi connectivity index (χ2v) is 1.60. The minimum Gasteiger partial charge on any atom is -0.345 e. The monoisotopic (exact) mass is 267 g/mol. The molecule has 0 aromatic heterocycles. The summed E-state index contributed by atoms with van der Waals surface area (Å²) in [7, 11) is 0. The molecule has 0 aromatic rings. The van der Waals surface area contributed by atoms with Crippen LogP contribution in [0.1, 0.15) is 63.8 Å². The molecule has 1 unspecified atom stereocenters. The van der Waals surface area contributed by atoms with Crippen molar-refractivity contribution in [2.24, 2.45) is 5.92 Å². The van der Waals surface area contributed by atoms with Crippen LogP contribution in [0, 0.1) is 19.3 Å². The van der Waals surface area contributed by atoms with Crippen molar-refractivity contribution in [3.05, 3.63) is 13.3 Å². The van der Waals surface area contributed by atoms with Gasteiger partial charge in [-0.05, 0) is 0 Å². The molecule has 0 spiro atoms. The van der Waals surface area contributed by atoms with Gasteiger partial charge >= 0.3 is 0 Å². The Balaban J connectivity index is -0.00000000966. The average Bonchev–Trinajstić information content (AvgIpc) is 1.91. The van der Waals surface area contributed by atoms with E-state index in [0.717, 1.165) is 6.42 Å². The van der Waals surface area contributed by atoms with Crippen molar-refractivity contribution in [1.82, 2.24) is 0 Å². The van der Waals surface area contributed by atoms with E-state index in [4.69, 9.17) is 0 Å². The summed E-state index contributed by atoms with van der Waals surface area (Å²) in [6, 6.07) is 0. The van der Waals surface area contributed by atoms with Gasteiger partial charge in [-0.25, -0.2) is 6.42 Å². The van der Waals surface area contributed by atoms with E-state index in [1.165, 1.54) is 0 Å². The molecular weight excluding hydrogens is 233 g/mol. The van der Waals surface area contributed by atoms with Gasteiger partial charge in [-0.2, -0.15) is 12.8 Å². The van der Waals surface area contributed by atoms with E-state index in [1.54, 1.807) is 0 Å². The molecule has 13 heavy (non-hydrogen) atoms. The Morgan fingerprint density at radius 3 is 1.31 bits per heavy atom. The molecule has 0 N–H and O–H groups in total. The van der Waals surface area contributed by atoms with Crippen LogP contribution in [-0.2, 0) is 32.7 Å². The normalized spacial score (nSPS) is 7.15. The zero-order valence-electron chi connectivity index (χ0n) is 7.15. The second kappa shape index (κ2) is 51.5. The first-order valence-corrected chi connectivity index (χ1v) is 3.40. The molecule has 1 heteroatoms. The van der Waals surface area contributed by atoms with Crippen LogP contribution in [0.2, 0.25) is 0 Å². The minimum absolute atomic E-state index is 0. The SMILES string of the molecule is C.C.C.C.CC.[CH2-]CC(C)[CH-]C.[Y]. The van der Waals surface area contributed by atoms with E-state index >= 15 is 0 Å². The quantitative estimate of drug-likeness (QED) is 0.568. The van der Waals surface area contributed by atoms with Crippen LogP contribution in [0.25, 0.3) is 0 Å². The first kappa shape index (κ1) is 48.0. The number of rotatable bonds is 2. The Kier molecular flexibility index (Phi) is 190. The predicted molar refractivity (Wildman–Crippen MR) is 67.4 cm³/mol. The summed E-state index contributed by atoms with van der Waals surface area (Å²) >= 11 is 0. The van der Waals surface area contributed by atoms with Gasteiger partial charge in [0.05, 0.1) is 0 Å². The van der Waals surface area contributed by atoms with E-state index < -0.39 is 0 Å². The average molecular weight is 267 g/mol. The molecule has 0 nitrogen and oxygen atoms in total. The Hall–Kier alpha value is 1.10. The van der Waals surface area contributed by atoms with Crippen molar-refractivity contribution < 1.29 is 32.7 Å². The summed E-state index contributed by atoms with van der Waals surface area (Å²) in [5.74, 6) is 0.699. The maximum atomic E-state index is 3.73. The van der Waals surface area contributed by atoms with Gasteiger partial charge in [0.1, 0.15) is 0 Å². The van der Waals surface area contributed by atoms with E-state index in [0.29, 0.717) is 5.92 Å².